The van der Waals surface area contributed by atoms with Crippen molar-refractivity contribution in [2.24, 2.45) is 5.92 Å². The lowest BCUT2D eigenvalue weighted by atomic mass is 9.99. The predicted molar refractivity (Wildman–Crippen MR) is 109 cm³/mol. The molecule has 2 heterocycles. The lowest BCUT2D eigenvalue weighted by molar-refractivity contribution is -0.132. The molecule has 1 aliphatic rings. The number of likely N-dealkylation sites (tertiary alicyclic amines) is 1. The van der Waals surface area contributed by atoms with Crippen LogP contribution in [0.25, 0.3) is 0 Å². The first-order chi connectivity index (χ1) is 13.8. The van der Waals surface area contributed by atoms with E-state index in [1.54, 1.807) is 36.9 Å². The molecular formula is C23H29FN2O3. The summed E-state index contributed by atoms with van der Waals surface area (Å²) in [6, 6.07) is 7.81. The number of piperidine rings is 1. The van der Waals surface area contributed by atoms with E-state index in [1.165, 1.54) is 12.1 Å². The molecule has 1 aromatic heterocycles. The van der Waals surface area contributed by atoms with Gasteiger partial charge in [-0.1, -0.05) is 19.1 Å². The molecule has 0 bridgehead atoms. The molecule has 1 aromatic carbocycles. The second kappa shape index (κ2) is 9.25. The van der Waals surface area contributed by atoms with Gasteiger partial charge in [0.05, 0.1) is 5.56 Å². The number of hydrogen-bond acceptors (Lipinski definition) is 3. The second-order valence-corrected chi connectivity index (χ2v) is 7.99. The third-order valence-corrected chi connectivity index (χ3v) is 5.58. The first-order valence-electron chi connectivity index (χ1n) is 10.2. The Bertz CT molecular complexity index is 852. The fraction of sp³-hybridized carbons (Fsp3) is 0.478. The molecule has 29 heavy (non-hydrogen) atoms. The van der Waals surface area contributed by atoms with Crippen LogP contribution in [0.4, 0.5) is 4.39 Å². The van der Waals surface area contributed by atoms with E-state index >= 15 is 0 Å². The molecule has 1 aliphatic heterocycles. The smallest absolute Gasteiger partial charge is 0.257 e. The molecule has 0 aliphatic carbocycles. The van der Waals surface area contributed by atoms with Gasteiger partial charge in [0, 0.05) is 32.6 Å². The van der Waals surface area contributed by atoms with Gasteiger partial charge < -0.3 is 14.2 Å². The van der Waals surface area contributed by atoms with Crippen LogP contribution in [0.3, 0.4) is 0 Å². The third-order valence-electron chi connectivity index (χ3n) is 5.58. The number of carbonyl (C=O) groups excluding carboxylic acids is 2. The topological polar surface area (TPSA) is 53.8 Å². The van der Waals surface area contributed by atoms with E-state index in [9.17, 15) is 14.0 Å². The zero-order chi connectivity index (χ0) is 21.0. The molecule has 0 N–H and O–H groups in total. The molecule has 3 rings (SSSR count). The van der Waals surface area contributed by atoms with Gasteiger partial charge in [-0.25, -0.2) is 4.39 Å². The third kappa shape index (κ3) is 5.46. The number of aryl methyl sites for hydroxylation is 2. The Morgan fingerprint density at radius 1 is 1.17 bits per heavy atom. The van der Waals surface area contributed by atoms with E-state index in [4.69, 9.17) is 4.42 Å². The van der Waals surface area contributed by atoms with Crippen molar-refractivity contribution in [1.29, 1.82) is 0 Å². The minimum atomic E-state index is -0.317. The summed E-state index contributed by atoms with van der Waals surface area (Å²) >= 11 is 0. The van der Waals surface area contributed by atoms with Crippen molar-refractivity contribution in [3.05, 3.63) is 58.8 Å². The zero-order valence-corrected chi connectivity index (χ0v) is 17.4. The minimum absolute atomic E-state index is 0.0777. The van der Waals surface area contributed by atoms with Gasteiger partial charge in [0.1, 0.15) is 17.3 Å². The van der Waals surface area contributed by atoms with Crippen molar-refractivity contribution in [3.63, 3.8) is 0 Å². The van der Waals surface area contributed by atoms with Gasteiger partial charge in [-0.05, 0) is 56.4 Å². The van der Waals surface area contributed by atoms with Crippen LogP contribution in [-0.4, -0.2) is 41.2 Å². The number of hydrogen-bond donors (Lipinski definition) is 0. The summed E-state index contributed by atoms with van der Waals surface area (Å²) in [6.45, 7) is 7.96. The second-order valence-electron chi connectivity index (χ2n) is 7.99. The average Bonchev–Trinajstić information content (AvgIpc) is 3.04. The maximum Gasteiger partial charge on any atom is 0.257 e. The Hall–Kier alpha value is -2.63. The van der Waals surface area contributed by atoms with E-state index in [2.05, 4.69) is 6.92 Å². The van der Waals surface area contributed by atoms with Crippen LogP contribution in [0.15, 0.2) is 34.7 Å². The summed E-state index contributed by atoms with van der Waals surface area (Å²) in [7, 11) is 0. The minimum Gasteiger partial charge on any atom is -0.466 e. The Morgan fingerprint density at radius 2 is 1.83 bits per heavy atom. The molecule has 0 atom stereocenters. The quantitative estimate of drug-likeness (QED) is 0.725. The van der Waals surface area contributed by atoms with Crippen molar-refractivity contribution < 1.29 is 18.4 Å². The molecule has 2 aromatic rings. The van der Waals surface area contributed by atoms with Crippen molar-refractivity contribution in [1.82, 2.24) is 9.80 Å². The van der Waals surface area contributed by atoms with E-state index < -0.39 is 0 Å². The van der Waals surface area contributed by atoms with Gasteiger partial charge in [0.15, 0.2) is 0 Å². The highest BCUT2D eigenvalue weighted by Gasteiger charge is 2.24. The van der Waals surface area contributed by atoms with Crippen LogP contribution in [-0.2, 0) is 11.3 Å². The van der Waals surface area contributed by atoms with E-state index in [-0.39, 0.29) is 24.1 Å². The van der Waals surface area contributed by atoms with Crippen molar-refractivity contribution >= 4 is 11.8 Å². The average molecular weight is 400 g/mol. The van der Waals surface area contributed by atoms with Crippen LogP contribution in [0.5, 0.6) is 0 Å². The van der Waals surface area contributed by atoms with Gasteiger partial charge in [-0.15, -0.1) is 0 Å². The van der Waals surface area contributed by atoms with Gasteiger partial charge in [-0.2, -0.15) is 0 Å². The number of benzene rings is 1. The SMILES string of the molecule is Cc1cc(C(=O)N(CCC(=O)N2CCC(C)CC2)Cc2ccc(F)cc2)c(C)o1. The first-order valence-corrected chi connectivity index (χ1v) is 10.2. The molecule has 6 heteroatoms. The van der Waals surface area contributed by atoms with Crippen molar-refractivity contribution in [3.8, 4) is 0 Å². The van der Waals surface area contributed by atoms with Crippen LogP contribution in [0.1, 0.15) is 53.6 Å². The molecule has 1 saturated heterocycles. The zero-order valence-electron chi connectivity index (χ0n) is 17.4. The molecule has 0 unspecified atom stereocenters. The number of furan rings is 1. The van der Waals surface area contributed by atoms with Crippen LogP contribution in [0, 0.1) is 25.6 Å². The Labute approximate surface area is 171 Å². The lowest BCUT2D eigenvalue weighted by Crippen LogP contribution is -2.40. The largest absolute Gasteiger partial charge is 0.466 e. The molecule has 1 fully saturated rings. The molecule has 5 nitrogen and oxygen atoms in total. The van der Waals surface area contributed by atoms with Crippen LogP contribution >= 0.6 is 0 Å². The summed E-state index contributed by atoms with van der Waals surface area (Å²) in [5.41, 5.74) is 1.32. The molecule has 156 valence electrons. The fourth-order valence-electron chi connectivity index (χ4n) is 3.72. The van der Waals surface area contributed by atoms with Crippen molar-refractivity contribution in [2.75, 3.05) is 19.6 Å². The first kappa shape index (κ1) is 21.1. The Morgan fingerprint density at radius 3 is 2.41 bits per heavy atom. The highest BCUT2D eigenvalue weighted by atomic mass is 19.1. The molecule has 2 amide bonds. The number of rotatable bonds is 6. The van der Waals surface area contributed by atoms with Gasteiger partial charge in [0.25, 0.3) is 5.91 Å². The van der Waals surface area contributed by atoms with E-state index in [0.29, 0.717) is 36.1 Å². The number of carbonyl (C=O) groups is 2. The summed E-state index contributed by atoms with van der Waals surface area (Å²) in [6.07, 6.45) is 2.33. The summed E-state index contributed by atoms with van der Waals surface area (Å²) in [4.78, 5) is 29.3. The molecule has 0 spiro atoms. The van der Waals surface area contributed by atoms with Gasteiger partial charge >= 0.3 is 0 Å². The van der Waals surface area contributed by atoms with Crippen LogP contribution < -0.4 is 0 Å². The lowest BCUT2D eigenvalue weighted by Gasteiger charge is -2.31. The number of nitrogens with zero attached hydrogens (tertiary/aromatic N) is 2. The standard InChI is InChI=1S/C23H29FN2O3/c1-16-8-11-25(12-9-16)22(27)10-13-26(15-19-4-6-20(24)7-5-19)23(28)21-14-17(2)29-18(21)3/h4-7,14,16H,8-13,15H2,1-3H3. The van der Waals surface area contributed by atoms with Crippen LogP contribution in [0.2, 0.25) is 0 Å². The highest BCUT2D eigenvalue weighted by molar-refractivity contribution is 5.95. The Kier molecular flexibility index (Phi) is 6.72. The van der Waals surface area contributed by atoms with E-state index in [0.717, 1.165) is 31.5 Å². The highest BCUT2D eigenvalue weighted by Crippen LogP contribution is 2.20. The molecular weight excluding hydrogens is 371 g/mol. The number of amides is 2. The van der Waals surface area contributed by atoms with Gasteiger partial charge in [0.2, 0.25) is 5.91 Å². The summed E-state index contributed by atoms with van der Waals surface area (Å²) in [5.74, 6) is 1.47. The maximum atomic E-state index is 13.2. The summed E-state index contributed by atoms with van der Waals surface area (Å²) < 4.78 is 18.8. The summed E-state index contributed by atoms with van der Waals surface area (Å²) in [5, 5.41) is 0. The molecule has 0 saturated carbocycles. The van der Waals surface area contributed by atoms with E-state index in [1.807, 2.05) is 4.90 Å². The Balaban J connectivity index is 1.71. The monoisotopic (exact) mass is 400 g/mol. The maximum absolute atomic E-state index is 13.2. The normalized spacial score (nSPS) is 14.8. The molecule has 0 radical (unpaired) electrons. The number of halogens is 1. The fourth-order valence-corrected chi connectivity index (χ4v) is 3.72. The predicted octanol–water partition coefficient (Wildman–Crippen LogP) is 4.33. The van der Waals surface area contributed by atoms with Gasteiger partial charge in [-0.3, -0.25) is 9.59 Å². The van der Waals surface area contributed by atoms with Crippen molar-refractivity contribution in [2.45, 2.75) is 46.6 Å².